The standard InChI is InChI=1S/C5H6NO/c1-6-2-4-7-5-3-6/h2-4H,1H3. The molecule has 0 aliphatic carbocycles. The molecule has 1 radical (unpaired) electrons. The molecule has 1 rings (SSSR count). The Kier molecular flexibility index (Phi) is 1.02. The molecule has 0 aromatic heterocycles. The second kappa shape index (κ2) is 1.69. The third-order valence-corrected chi connectivity index (χ3v) is 0.688. The van der Waals surface area contributed by atoms with Gasteiger partial charge in [0.05, 0.1) is 6.20 Å². The summed E-state index contributed by atoms with van der Waals surface area (Å²) in [5.41, 5.74) is 0. The molecular formula is C5H6NO. The van der Waals surface area contributed by atoms with Crippen LogP contribution >= 0.6 is 0 Å². The van der Waals surface area contributed by atoms with Gasteiger partial charge in [0.15, 0.2) is 6.26 Å². The number of hydrogen-bond donors (Lipinski definition) is 0. The normalized spacial score (nSPS) is 17.0. The van der Waals surface area contributed by atoms with Crippen LogP contribution in [0.25, 0.3) is 0 Å². The van der Waals surface area contributed by atoms with Gasteiger partial charge in [0, 0.05) is 13.2 Å². The Balaban J connectivity index is 2.49. The van der Waals surface area contributed by atoms with Gasteiger partial charge in [-0.3, -0.25) is 0 Å². The van der Waals surface area contributed by atoms with Crippen molar-refractivity contribution in [2.75, 3.05) is 7.05 Å². The molecular weight excluding hydrogens is 90.1 g/mol. The summed E-state index contributed by atoms with van der Waals surface area (Å²) in [4.78, 5) is 1.85. The van der Waals surface area contributed by atoms with Crippen molar-refractivity contribution in [3.8, 4) is 0 Å². The van der Waals surface area contributed by atoms with Crippen LogP contribution in [0.5, 0.6) is 0 Å². The van der Waals surface area contributed by atoms with Crippen LogP contribution in [0.3, 0.4) is 0 Å². The minimum absolute atomic E-state index is 1.57. The van der Waals surface area contributed by atoms with Crippen LogP contribution in [0, 0.1) is 6.26 Å². The summed E-state index contributed by atoms with van der Waals surface area (Å²) in [6.07, 6.45) is 7.63. The molecule has 0 unspecified atom stereocenters. The number of hydrogen-bond acceptors (Lipinski definition) is 2. The Labute approximate surface area is 42.7 Å². The van der Waals surface area contributed by atoms with E-state index in [1.165, 1.54) is 0 Å². The Morgan fingerprint density at radius 1 is 1.71 bits per heavy atom. The number of rotatable bonds is 0. The molecule has 37 valence electrons. The van der Waals surface area contributed by atoms with Gasteiger partial charge in [-0.1, -0.05) is 0 Å². The molecule has 0 saturated carbocycles. The van der Waals surface area contributed by atoms with Crippen LogP contribution in [0.4, 0.5) is 0 Å². The average molecular weight is 96.1 g/mol. The third-order valence-electron chi connectivity index (χ3n) is 0.688. The molecule has 2 heteroatoms. The maximum Gasteiger partial charge on any atom is 0.186 e. The van der Waals surface area contributed by atoms with E-state index in [1.807, 2.05) is 11.9 Å². The zero-order valence-electron chi connectivity index (χ0n) is 4.09. The highest BCUT2D eigenvalue weighted by atomic mass is 16.5. The lowest BCUT2D eigenvalue weighted by Gasteiger charge is -2.07. The fourth-order valence-corrected chi connectivity index (χ4v) is 0.322. The second-order valence-corrected chi connectivity index (χ2v) is 1.32. The second-order valence-electron chi connectivity index (χ2n) is 1.32. The van der Waals surface area contributed by atoms with Crippen molar-refractivity contribution in [2.24, 2.45) is 0 Å². The van der Waals surface area contributed by atoms with E-state index in [-0.39, 0.29) is 0 Å². The largest absolute Gasteiger partial charge is 0.458 e. The van der Waals surface area contributed by atoms with E-state index in [0.717, 1.165) is 0 Å². The molecule has 1 heterocycles. The highest BCUT2D eigenvalue weighted by molar-refractivity contribution is 4.85. The van der Waals surface area contributed by atoms with Crippen LogP contribution in [-0.4, -0.2) is 11.9 Å². The summed E-state index contributed by atoms with van der Waals surface area (Å²) < 4.78 is 4.61. The molecule has 0 fully saturated rings. The molecule has 0 aromatic carbocycles. The highest BCUT2D eigenvalue weighted by Gasteiger charge is 1.85. The van der Waals surface area contributed by atoms with Crippen molar-refractivity contribution in [2.45, 2.75) is 0 Å². The first-order valence-electron chi connectivity index (χ1n) is 2.03. The Morgan fingerprint density at radius 2 is 2.57 bits per heavy atom. The monoisotopic (exact) mass is 96.0 g/mol. The van der Waals surface area contributed by atoms with Gasteiger partial charge in [0.25, 0.3) is 0 Å². The Morgan fingerprint density at radius 3 is 2.86 bits per heavy atom. The van der Waals surface area contributed by atoms with Crippen molar-refractivity contribution in [1.29, 1.82) is 0 Å². The predicted octanol–water partition coefficient (Wildman–Crippen LogP) is 0.694. The van der Waals surface area contributed by atoms with Crippen molar-refractivity contribution in [3.05, 3.63) is 24.9 Å². The van der Waals surface area contributed by atoms with Gasteiger partial charge in [0.2, 0.25) is 0 Å². The lowest BCUT2D eigenvalue weighted by molar-refractivity contribution is 0.335. The van der Waals surface area contributed by atoms with Gasteiger partial charge >= 0.3 is 0 Å². The van der Waals surface area contributed by atoms with E-state index < -0.39 is 0 Å². The first kappa shape index (κ1) is 4.24. The Bertz CT molecular complexity index is 94.6. The maximum absolute atomic E-state index is 4.61. The quantitative estimate of drug-likeness (QED) is 0.440. The first-order valence-corrected chi connectivity index (χ1v) is 2.03. The smallest absolute Gasteiger partial charge is 0.186 e. The van der Waals surface area contributed by atoms with Crippen LogP contribution in [0.2, 0.25) is 0 Å². The molecule has 0 aromatic rings. The van der Waals surface area contributed by atoms with Crippen LogP contribution < -0.4 is 0 Å². The van der Waals surface area contributed by atoms with E-state index in [1.54, 1.807) is 18.7 Å². The molecule has 7 heavy (non-hydrogen) atoms. The molecule has 1 aliphatic rings. The van der Waals surface area contributed by atoms with Crippen molar-refractivity contribution in [3.63, 3.8) is 0 Å². The first-order chi connectivity index (χ1) is 3.39. The topological polar surface area (TPSA) is 12.5 Å². The van der Waals surface area contributed by atoms with Gasteiger partial charge in [-0.05, 0) is 0 Å². The molecule has 2 nitrogen and oxygen atoms in total. The fraction of sp³-hybridized carbons (Fsp3) is 0.200. The summed E-state index contributed by atoms with van der Waals surface area (Å²) in [6.45, 7) is 0. The predicted molar refractivity (Wildman–Crippen MR) is 25.8 cm³/mol. The zero-order chi connectivity index (χ0) is 5.11. The lowest BCUT2D eigenvalue weighted by atomic mass is 10.7. The summed E-state index contributed by atoms with van der Waals surface area (Å²) in [5, 5.41) is 0. The summed E-state index contributed by atoms with van der Waals surface area (Å²) in [6, 6.07) is 0. The van der Waals surface area contributed by atoms with E-state index in [9.17, 15) is 0 Å². The highest BCUT2D eigenvalue weighted by Crippen LogP contribution is 1.92. The molecule has 0 saturated heterocycles. The number of ether oxygens (including phenoxy) is 1. The van der Waals surface area contributed by atoms with Gasteiger partial charge in [0.1, 0.15) is 6.26 Å². The molecule has 0 bridgehead atoms. The summed E-state index contributed by atoms with van der Waals surface area (Å²) in [7, 11) is 1.91. The molecule has 1 aliphatic heterocycles. The Hall–Kier alpha value is -0.920. The lowest BCUT2D eigenvalue weighted by Crippen LogP contribution is -2.02. The SMILES string of the molecule is CN1C=[C]OC=C1. The van der Waals surface area contributed by atoms with Gasteiger partial charge < -0.3 is 9.64 Å². The van der Waals surface area contributed by atoms with Crippen molar-refractivity contribution < 1.29 is 4.74 Å². The number of nitrogens with zero attached hydrogens (tertiary/aromatic N) is 1. The van der Waals surface area contributed by atoms with Crippen LogP contribution in [-0.2, 0) is 4.74 Å². The van der Waals surface area contributed by atoms with E-state index in [0.29, 0.717) is 0 Å². The van der Waals surface area contributed by atoms with Gasteiger partial charge in [-0.2, -0.15) is 0 Å². The fourth-order valence-electron chi connectivity index (χ4n) is 0.322. The zero-order valence-corrected chi connectivity index (χ0v) is 4.09. The van der Waals surface area contributed by atoms with Crippen LogP contribution in [0.15, 0.2) is 18.7 Å². The summed E-state index contributed by atoms with van der Waals surface area (Å²) >= 11 is 0. The van der Waals surface area contributed by atoms with Gasteiger partial charge in [-0.25, -0.2) is 0 Å². The van der Waals surface area contributed by atoms with Crippen LogP contribution in [0.1, 0.15) is 0 Å². The van der Waals surface area contributed by atoms with E-state index in [2.05, 4.69) is 11.0 Å². The van der Waals surface area contributed by atoms with Crippen molar-refractivity contribution in [1.82, 2.24) is 4.90 Å². The molecule has 0 spiro atoms. The molecule has 0 N–H and O–H groups in total. The average Bonchev–Trinajstić information content (AvgIpc) is 1.69. The summed E-state index contributed by atoms with van der Waals surface area (Å²) in [5.74, 6) is 0. The van der Waals surface area contributed by atoms with E-state index >= 15 is 0 Å². The molecule has 0 amide bonds. The minimum Gasteiger partial charge on any atom is -0.458 e. The molecule has 0 atom stereocenters. The van der Waals surface area contributed by atoms with Crippen molar-refractivity contribution >= 4 is 0 Å². The minimum atomic E-state index is 1.57. The third kappa shape index (κ3) is 0.961. The van der Waals surface area contributed by atoms with E-state index in [4.69, 9.17) is 0 Å². The van der Waals surface area contributed by atoms with Gasteiger partial charge in [-0.15, -0.1) is 0 Å². The maximum atomic E-state index is 4.61.